The molecule has 1 aromatic rings. The number of hydrogen-bond donors (Lipinski definition) is 1. The second-order valence-corrected chi connectivity index (χ2v) is 4.60. The standard InChI is InChI=1S/C14H23FN2O/c1-10(9-18-5)17(4)14-12(11(2)16-3)7-6-8-13(14)15/h6-8,10-11,16H,9H2,1-5H3. The van der Waals surface area contributed by atoms with E-state index in [1.165, 1.54) is 6.07 Å². The van der Waals surface area contributed by atoms with Crippen LogP contribution in [0.2, 0.25) is 0 Å². The Morgan fingerprint density at radius 3 is 2.61 bits per heavy atom. The molecule has 0 aliphatic rings. The van der Waals surface area contributed by atoms with Crippen molar-refractivity contribution < 1.29 is 9.13 Å². The van der Waals surface area contributed by atoms with Gasteiger partial charge in [0.2, 0.25) is 0 Å². The van der Waals surface area contributed by atoms with Crippen LogP contribution in [0, 0.1) is 5.82 Å². The maximum Gasteiger partial charge on any atom is 0.146 e. The number of benzene rings is 1. The smallest absolute Gasteiger partial charge is 0.146 e. The number of hydrogen-bond acceptors (Lipinski definition) is 3. The van der Waals surface area contributed by atoms with Gasteiger partial charge in [-0.3, -0.25) is 0 Å². The summed E-state index contributed by atoms with van der Waals surface area (Å²) in [5, 5.41) is 3.15. The maximum atomic E-state index is 14.1. The van der Waals surface area contributed by atoms with Crippen molar-refractivity contribution in [3.63, 3.8) is 0 Å². The highest BCUT2D eigenvalue weighted by Gasteiger charge is 2.19. The Morgan fingerprint density at radius 1 is 1.39 bits per heavy atom. The molecule has 1 aromatic carbocycles. The number of methoxy groups -OCH3 is 1. The summed E-state index contributed by atoms with van der Waals surface area (Å²) >= 11 is 0. The molecule has 102 valence electrons. The second kappa shape index (κ2) is 6.71. The highest BCUT2D eigenvalue weighted by Crippen LogP contribution is 2.29. The Hall–Kier alpha value is -1.13. The molecule has 0 fully saturated rings. The van der Waals surface area contributed by atoms with E-state index in [4.69, 9.17) is 4.74 Å². The lowest BCUT2D eigenvalue weighted by Gasteiger charge is -2.30. The first-order valence-electron chi connectivity index (χ1n) is 6.20. The third kappa shape index (κ3) is 3.21. The monoisotopic (exact) mass is 254 g/mol. The van der Waals surface area contributed by atoms with Crippen LogP contribution < -0.4 is 10.2 Å². The first-order valence-corrected chi connectivity index (χ1v) is 6.20. The number of ether oxygens (including phenoxy) is 1. The van der Waals surface area contributed by atoms with Gasteiger partial charge in [0.15, 0.2) is 0 Å². The van der Waals surface area contributed by atoms with E-state index < -0.39 is 0 Å². The summed E-state index contributed by atoms with van der Waals surface area (Å²) in [5.41, 5.74) is 1.60. The van der Waals surface area contributed by atoms with Crippen LogP contribution in [0.15, 0.2) is 18.2 Å². The number of anilines is 1. The topological polar surface area (TPSA) is 24.5 Å². The van der Waals surface area contributed by atoms with Crippen LogP contribution in [0.4, 0.5) is 10.1 Å². The largest absolute Gasteiger partial charge is 0.383 e. The van der Waals surface area contributed by atoms with E-state index in [9.17, 15) is 4.39 Å². The van der Waals surface area contributed by atoms with E-state index >= 15 is 0 Å². The van der Waals surface area contributed by atoms with Gasteiger partial charge in [0.25, 0.3) is 0 Å². The molecule has 0 radical (unpaired) electrons. The SMILES string of the molecule is CNC(C)c1cccc(F)c1N(C)C(C)COC. The molecule has 0 saturated carbocycles. The molecule has 0 aliphatic carbocycles. The molecule has 0 spiro atoms. The summed E-state index contributed by atoms with van der Waals surface area (Å²) in [6, 6.07) is 5.42. The van der Waals surface area contributed by atoms with E-state index in [0.717, 1.165) is 5.56 Å². The van der Waals surface area contributed by atoms with Gasteiger partial charge < -0.3 is 15.0 Å². The normalized spacial score (nSPS) is 14.3. The van der Waals surface area contributed by atoms with Crippen LogP contribution in [0.25, 0.3) is 0 Å². The zero-order valence-electron chi connectivity index (χ0n) is 11.8. The summed E-state index contributed by atoms with van der Waals surface area (Å²) < 4.78 is 19.2. The third-order valence-corrected chi connectivity index (χ3v) is 3.34. The number of nitrogens with zero attached hydrogens (tertiary/aromatic N) is 1. The fraction of sp³-hybridized carbons (Fsp3) is 0.571. The van der Waals surface area contributed by atoms with Gasteiger partial charge in [0.05, 0.1) is 12.3 Å². The van der Waals surface area contributed by atoms with E-state index in [2.05, 4.69) is 5.32 Å². The lowest BCUT2D eigenvalue weighted by atomic mass is 10.0. The zero-order valence-corrected chi connectivity index (χ0v) is 11.8. The molecular formula is C14H23FN2O. The number of likely N-dealkylation sites (N-methyl/N-ethyl adjacent to an activating group) is 1. The van der Waals surface area contributed by atoms with E-state index in [1.54, 1.807) is 13.2 Å². The number of nitrogens with one attached hydrogen (secondary N) is 1. The predicted molar refractivity (Wildman–Crippen MR) is 73.6 cm³/mol. The summed E-state index contributed by atoms with van der Waals surface area (Å²) in [4.78, 5) is 1.93. The molecule has 2 unspecified atom stereocenters. The van der Waals surface area contributed by atoms with Gasteiger partial charge in [-0.2, -0.15) is 0 Å². The molecule has 18 heavy (non-hydrogen) atoms. The maximum absolute atomic E-state index is 14.1. The molecule has 0 heterocycles. The molecule has 0 aliphatic heterocycles. The van der Waals surface area contributed by atoms with Crippen molar-refractivity contribution in [2.24, 2.45) is 0 Å². The van der Waals surface area contributed by atoms with Crippen LogP contribution in [0.5, 0.6) is 0 Å². The molecule has 0 aromatic heterocycles. The predicted octanol–water partition coefficient (Wildman–Crippen LogP) is 2.58. The zero-order chi connectivity index (χ0) is 13.7. The molecule has 0 amide bonds. The van der Waals surface area contributed by atoms with Crippen molar-refractivity contribution in [2.75, 3.05) is 32.7 Å². The van der Waals surface area contributed by atoms with Gasteiger partial charge in [0, 0.05) is 26.2 Å². The Bertz CT molecular complexity index is 384. The highest BCUT2D eigenvalue weighted by atomic mass is 19.1. The van der Waals surface area contributed by atoms with Crippen LogP contribution in [0.1, 0.15) is 25.5 Å². The summed E-state index contributed by atoms with van der Waals surface area (Å²) in [5.74, 6) is -0.194. The first kappa shape index (κ1) is 14.9. The average molecular weight is 254 g/mol. The lowest BCUT2D eigenvalue weighted by molar-refractivity contribution is 0.183. The summed E-state index contributed by atoms with van der Waals surface area (Å²) in [7, 11) is 5.43. The van der Waals surface area contributed by atoms with Gasteiger partial charge in [0.1, 0.15) is 5.82 Å². The van der Waals surface area contributed by atoms with Crippen molar-refractivity contribution in [1.29, 1.82) is 0 Å². The van der Waals surface area contributed by atoms with Crippen LogP contribution in [-0.2, 0) is 4.74 Å². The quantitative estimate of drug-likeness (QED) is 0.844. The Labute approximate surface area is 109 Å². The van der Waals surface area contributed by atoms with Crippen molar-refractivity contribution in [2.45, 2.75) is 25.9 Å². The van der Waals surface area contributed by atoms with Crippen LogP contribution in [0.3, 0.4) is 0 Å². The van der Waals surface area contributed by atoms with Crippen LogP contribution in [-0.4, -0.2) is 33.9 Å². The molecular weight excluding hydrogens is 231 g/mol. The van der Waals surface area contributed by atoms with Gasteiger partial charge in [-0.1, -0.05) is 12.1 Å². The molecule has 2 atom stereocenters. The number of para-hydroxylation sites is 1. The molecule has 3 nitrogen and oxygen atoms in total. The molecule has 1 N–H and O–H groups in total. The highest BCUT2D eigenvalue weighted by molar-refractivity contribution is 5.56. The Kier molecular flexibility index (Phi) is 5.56. The number of rotatable bonds is 6. The van der Waals surface area contributed by atoms with Gasteiger partial charge in [-0.25, -0.2) is 4.39 Å². The Morgan fingerprint density at radius 2 is 2.06 bits per heavy atom. The minimum absolute atomic E-state index is 0.105. The second-order valence-electron chi connectivity index (χ2n) is 4.60. The molecule has 0 saturated heterocycles. The van der Waals surface area contributed by atoms with Crippen molar-refractivity contribution in [3.8, 4) is 0 Å². The van der Waals surface area contributed by atoms with E-state index in [-0.39, 0.29) is 17.9 Å². The van der Waals surface area contributed by atoms with E-state index in [0.29, 0.717) is 12.3 Å². The fourth-order valence-corrected chi connectivity index (χ4v) is 1.98. The molecule has 1 rings (SSSR count). The molecule has 0 bridgehead atoms. The number of halogens is 1. The van der Waals surface area contributed by atoms with Crippen molar-refractivity contribution in [1.82, 2.24) is 5.32 Å². The van der Waals surface area contributed by atoms with Crippen molar-refractivity contribution >= 4 is 5.69 Å². The van der Waals surface area contributed by atoms with Gasteiger partial charge in [-0.05, 0) is 32.5 Å². The third-order valence-electron chi connectivity index (χ3n) is 3.34. The first-order chi connectivity index (χ1) is 8.52. The molecule has 4 heteroatoms. The summed E-state index contributed by atoms with van der Waals surface area (Å²) in [6.45, 7) is 4.61. The lowest BCUT2D eigenvalue weighted by Crippen LogP contribution is -2.34. The van der Waals surface area contributed by atoms with E-state index in [1.807, 2.05) is 38.9 Å². The van der Waals surface area contributed by atoms with Crippen molar-refractivity contribution in [3.05, 3.63) is 29.6 Å². The minimum Gasteiger partial charge on any atom is -0.383 e. The van der Waals surface area contributed by atoms with Crippen LogP contribution >= 0.6 is 0 Å². The average Bonchev–Trinajstić information content (AvgIpc) is 2.37. The van der Waals surface area contributed by atoms with Gasteiger partial charge in [-0.15, -0.1) is 0 Å². The summed E-state index contributed by atoms with van der Waals surface area (Å²) in [6.07, 6.45) is 0. The minimum atomic E-state index is -0.194. The Balaban J connectivity index is 3.12. The fourth-order valence-electron chi connectivity index (χ4n) is 1.98. The van der Waals surface area contributed by atoms with Gasteiger partial charge >= 0.3 is 0 Å².